The van der Waals surface area contributed by atoms with E-state index in [-0.39, 0.29) is 43.4 Å². The monoisotopic (exact) mass is 319 g/mol. The summed E-state index contributed by atoms with van der Waals surface area (Å²) >= 11 is 1.61. The smallest absolute Gasteiger partial charge is 0.242 e. The lowest BCUT2D eigenvalue weighted by Gasteiger charge is -2.32. The van der Waals surface area contributed by atoms with E-state index in [1.807, 2.05) is 16.8 Å². The van der Waals surface area contributed by atoms with Crippen LogP contribution >= 0.6 is 23.7 Å². The molecule has 3 N–H and O–H groups in total. The lowest BCUT2D eigenvalue weighted by atomic mass is 10.1. The van der Waals surface area contributed by atoms with Gasteiger partial charge in [-0.2, -0.15) is 11.3 Å². The van der Waals surface area contributed by atoms with Crippen LogP contribution in [0.3, 0.4) is 0 Å². The molecule has 6 nitrogen and oxygen atoms in total. The van der Waals surface area contributed by atoms with Crippen LogP contribution in [0.5, 0.6) is 0 Å². The molecule has 1 aromatic rings. The molecule has 8 heteroatoms. The number of ether oxygens (including phenoxy) is 1. The van der Waals surface area contributed by atoms with E-state index in [1.165, 1.54) is 0 Å². The number of hydrogen-bond donors (Lipinski definition) is 2. The van der Waals surface area contributed by atoms with Crippen LogP contribution in [0.4, 0.5) is 0 Å². The second-order valence-electron chi connectivity index (χ2n) is 4.24. The van der Waals surface area contributed by atoms with Crippen molar-refractivity contribution in [2.24, 2.45) is 5.73 Å². The summed E-state index contributed by atoms with van der Waals surface area (Å²) in [6.07, 6.45) is -0.0749. The van der Waals surface area contributed by atoms with Crippen molar-refractivity contribution < 1.29 is 14.3 Å². The number of halogens is 1. The second kappa shape index (κ2) is 8.21. The third kappa shape index (κ3) is 4.45. The number of rotatable bonds is 4. The van der Waals surface area contributed by atoms with Crippen LogP contribution in [-0.4, -0.2) is 49.5 Å². The maximum Gasteiger partial charge on any atom is 0.242 e. The number of amides is 2. The summed E-state index contributed by atoms with van der Waals surface area (Å²) in [4.78, 5) is 24.7. The standard InChI is InChI=1S/C12H17N3O3S.ClH/c13-5-11(16)14-6-12(17)15-2-3-18-10(7-15)9-1-4-19-8-9;/h1,4,8,10H,2-3,5-7,13H2,(H,14,16);1H. The molecule has 0 aliphatic carbocycles. The third-order valence-electron chi connectivity index (χ3n) is 2.96. The van der Waals surface area contributed by atoms with Gasteiger partial charge in [-0.1, -0.05) is 0 Å². The van der Waals surface area contributed by atoms with Crippen LogP contribution in [0.2, 0.25) is 0 Å². The highest BCUT2D eigenvalue weighted by Crippen LogP contribution is 2.23. The molecule has 2 rings (SSSR count). The van der Waals surface area contributed by atoms with E-state index in [0.29, 0.717) is 19.7 Å². The van der Waals surface area contributed by atoms with Crippen molar-refractivity contribution >= 4 is 35.6 Å². The molecule has 2 heterocycles. The number of hydrogen-bond acceptors (Lipinski definition) is 5. The van der Waals surface area contributed by atoms with Gasteiger partial charge >= 0.3 is 0 Å². The molecule has 0 saturated carbocycles. The molecule has 112 valence electrons. The fourth-order valence-electron chi connectivity index (χ4n) is 1.89. The van der Waals surface area contributed by atoms with Gasteiger partial charge in [0.1, 0.15) is 6.10 Å². The van der Waals surface area contributed by atoms with Crippen molar-refractivity contribution in [1.82, 2.24) is 10.2 Å². The van der Waals surface area contributed by atoms with E-state index in [1.54, 1.807) is 16.2 Å². The Morgan fingerprint density at radius 2 is 2.35 bits per heavy atom. The van der Waals surface area contributed by atoms with Crippen LogP contribution in [0.1, 0.15) is 11.7 Å². The number of nitrogens with two attached hydrogens (primary N) is 1. The summed E-state index contributed by atoms with van der Waals surface area (Å²) < 4.78 is 5.65. The van der Waals surface area contributed by atoms with Crippen LogP contribution in [0, 0.1) is 0 Å². The second-order valence-corrected chi connectivity index (χ2v) is 5.02. The van der Waals surface area contributed by atoms with Crippen molar-refractivity contribution in [3.63, 3.8) is 0 Å². The van der Waals surface area contributed by atoms with Crippen molar-refractivity contribution in [3.8, 4) is 0 Å². The van der Waals surface area contributed by atoms with Gasteiger partial charge in [-0.15, -0.1) is 12.4 Å². The number of thiophene rings is 1. The quantitative estimate of drug-likeness (QED) is 0.827. The molecule has 0 bridgehead atoms. The molecule has 0 aromatic carbocycles. The highest BCUT2D eigenvalue weighted by atomic mass is 35.5. The van der Waals surface area contributed by atoms with Crippen LogP contribution < -0.4 is 11.1 Å². The van der Waals surface area contributed by atoms with Gasteiger partial charge in [-0.25, -0.2) is 0 Å². The third-order valence-corrected chi connectivity index (χ3v) is 3.66. The van der Waals surface area contributed by atoms with Crippen molar-refractivity contribution in [2.45, 2.75) is 6.10 Å². The van der Waals surface area contributed by atoms with E-state index in [9.17, 15) is 9.59 Å². The highest BCUT2D eigenvalue weighted by Gasteiger charge is 2.25. The number of nitrogens with zero attached hydrogens (tertiary/aromatic N) is 1. The summed E-state index contributed by atoms with van der Waals surface area (Å²) in [6, 6.07) is 2.00. The zero-order valence-electron chi connectivity index (χ0n) is 10.9. The van der Waals surface area contributed by atoms with Gasteiger partial charge < -0.3 is 20.7 Å². The normalized spacial score (nSPS) is 18.2. The summed E-state index contributed by atoms with van der Waals surface area (Å²) in [5, 5.41) is 6.49. The molecule has 1 aromatic heterocycles. The van der Waals surface area contributed by atoms with Crippen molar-refractivity contribution in [2.75, 3.05) is 32.8 Å². The predicted octanol–water partition coefficient (Wildman–Crippen LogP) is 0.145. The molecule has 2 amide bonds. The molecule has 1 fully saturated rings. The Bertz CT molecular complexity index is 441. The molecular weight excluding hydrogens is 302 g/mol. The lowest BCUT2D eigenvalue weighted by Crippen LogP contribution is -2.47. The fraction of sp³-hybridized carbons (Fsp3) is 0.500. The fourth-order valence-corrected chi connectivity index (χ4v) is 2.60. The zero-order chi connectivity index (χ0) is 13.7. The topological polar surface area (TPSA) is 84.7 Å². The first-order valence-corrected chi connectivity index (χ1v) is 7.03. The molecule has 1 atom stereocenters. The number of carbonyl (C=O) groups excluding carboxylic acids is 2. The number of nitrogens with one attached hydrogen (secondary N) is 1. The summed E-state index contributed by atoms with van der Waals surface area (Å²) in [6.45, 7) is 1.48. The van der Waals surface area contributed by atoms with E-state index in [2.05, 4.69) is 5.32 Å². The van der Waals surface area contributed by atoms with E-state index in [0.717, 1.165) is 5.56 Å². The lowest BCUT2D eigenvalue weighted by molar-refractivity contribution is -0.139. The van der Waals surface area contributed by atoms with Gasteiger partial charge in [0.25, 0.3) is 0 Å². The molecule has 1 aliphatic heterocycles. The average Bonchev–Trinajstić information content (AvgIpc) is 2.98. The Balaban J connectivity index is 0.00000200. The van der Waals surface area contributed by atoms with Gasteiger partial charge in [-0.05, 0) is 22.4 Å². The number of carbonyl (C=O) groups is 2. The van der Waals surface area contributed by atoms with Gasteiger partial charge in [0.05, 0.1) is 26.2 Å². The molecule has 1 unspecified atom stereocenters. The van der Waals surface area contributed by atoms with Crippen LogP contribution in [0.25, 0.3) is 0 Å². The van der Waals surface area contributed by atoms with E-state index in [4.69, 9.17) is 10.5 Å². The van der Waals surface area contributed by atoms with Gasteiger partial charge in [-0.3, -0.25) is 9.59 Å². The first kappa shape index (κ1) is 16.9. The number of morpholine rings is 1. The largest absolute Gasteiger partial charge is 0.370 e. The van der Waals surface area contributed by atoms with Gasteiger partial charge in [0.15, 0.2) is 0 Å². The summed E-state index contributed by atoms with van der Waals surface area (Å²) in [5.74, 6) is -0.429. The molecule has 1 aliphatic rings. The first-order valence-electron chi connectivity index (χ1n) is 6.09. The Morgan fingerprint density at radius 3 is 3.00 bits per heavy atom. The predicted molar refractivity (Wildman–Crippen MR) is 78.9 cm³/mol. The zero-order valence-corrected chi connectivity index (χ0v) is 12.5. The minimum Gasteiger partial charge on any atom is -0.370 e. The van der Waals surface area contributed by atoms with Crippen molar-refractivity contribution in [1.29, 1.82) is 0 Å². The van der Waals surface area contributed by atoms with E-state index < -0.39 is 0 Å². The van der Waals surface area contributed by atoms with Crippen molar-refractivity contribution in [3.05, 3.63) is 22.4 Å². The summed E-state index contributed by atoms with van der Waals surface area (Å²) in [5.41, 5.74) is 6.26. The Hall–Kier alpha value is -1.15. The average molecular weight is 320 g/mol. The molecule has 0 spiro atoms. The first-order chi connectivity index (χ1) is 9.20. The minimum atomic E-state index is -0.323. The van der Waals surface area contributed by atoms with E-state index >= 15 is 0 Å². The minimum absolute atomic E-state index is 0. The maximum atomic E-state index is 12.0. The summed E-state index contributed by atoms with van der Waals surface area (Å²) in [7, 11) is 0. The molecule has 20 heavy (non-hydrogen) atoms. The Kier molecular flexibility index (Phi) is 6.94. The highest BCUT2D eigenvalue weighted by molar-refractivity contribution is 7.07. The Labute approximate surface area is 127 Å². The SMILES string of the molecule is Cl.NCC(=O)NCC(=O)N1CCOC(c2ccsc2)C1. The molecular formula is C12H18ClN3O3S. The molecule has 1 saturated heterocycles. The Morgan fingerprint density at radius 1 is 1.55 bits per heavy atom. The molecule has 0 radical (unpaired) electrons. The van der Waals surface area contributed by atoms with Crippen LogP contribution in [0.15, 0.2) is 16.8 Å². The van der Waals surface area contributed by atoms with Crippen LogP contribution in [-0.2, 0) is 14.3 Å². The van der Waals surface area contributed by atoms with Gasteiger partial charge in [0, 0.05) is 6.54 Å². The van der Waals surface area contributed by atoms with Gasteiger partial charge in [0.2, 0.25) is 11.8 Å². The maximum absolute atomic E-state index is 12.0.